The molecule has 1 aliphatic heterocycles. The molecule has 20 heavy (non-hydrogen) atoms. The van der Waals surface area contributed by atoms with Crippen molar-refractivity contribution in [2.24, 2.45) is 0 Å². The molecule has 0 atom stereocenters. The summed E-state index contributed by atoms with van der Waals surface area (Å²) in [5.41, 5.74) is 0.907. The number of pyridine rings is 1. The maximum absolute atomic E-state index is 5.19. The fourth-order valence-electron chi connectivity index (χ4n) is 2.14. The number of methoxy groups -OCH3 is 2. The molecule has 0 aliphatic carbocycles. The van der Waals surface area contributed by atoms with Gasteiger partial charge in [0.2, 0.25) is 11.8 Å². The van der Waals surface area contributed by atoms with E-state index in [1.54, 1.807) is 20.4 Å². The Morgan fingerprint density at radius 2 is 2.05 bits per heavy atom. The molecule has 0 radical (unpaired) electrons. The van der Waals surface area contributed by atoms with Crippen LogP contribution in [0.1, 0.15) is 12.2 Å². The maximum Gasteiger partial charge on any atom is 0.232 e. The lowest BCUT2D eigenvalue weighted by Gasteiger charge is -2.31. The molecule has 0 saturated carbocycles. The van der Waals surface area contributed by atoms with Crippen LogP contribution in [0.3, 0.4) is 0 Å². The Morgan fingerprint density at radius 3 is 2.60 bits per heavy atom. The first-order chi connectivity index (χ1) is 9.83. The number of hydrogen-bond acceptors (Lipinski definition) is 6. The normalized spacial score (nSPS) is 14.2. The molecule has 7 nitrogen and oxygen atoms in total. The van der Waals surface area contributed by atoms with Crippen LogP contribution in [0.4, 0.5) is 5.95 Å². The third-order valence-electron chi connectivity index (χ3n) is 3.31. The van der Waals surface area contributed by atoms with E-state index in [9.17, 15) is 0 Å². The van der Waals surface area contributed by atoms with E-state index >= 15 is 0 Å². The highest BCUT2D eigenvalue weighted by Gasteiger charge is 2.23. The second-order valence-corrected chi connectivity index (χ2v) is 4.58. The van der Waals surface area contributed by atoms with Gasteiger partial charge in [-0.3, -0.25) is 4.57 Å². The monoisotopic (exact) mass is 275 g/mol. The number of rotatable bonds is 5. The molecule has 0 aromatic carbocycles. The van der Waals surface area contributed by atoms with E-state index in [2.05, 4.69) is 20.1 Å². The first kappa shape index (κ1) is 12.9. The molecule has 3 rings (SSSR count). The van der Waals surface area contributed by atoms with Crippen LogP contribution in [0.25, 0.3) is 5.69 Å². The van der Waals surface area contributed by atoms with Crippen LogP contribution in [-0.4, -0.2) is 47.1 Å². The van der Waals surface area contributed by atoms with Gasteiger partial charge in [-0.05, 0) is 12.5 Å². The molecule has 0 unspecified atom stereocenters. The Morgan fingerprint density at radius 1 is 1.20 bits per heavy atom. The van der Waals surface area contributed by atoms with Crippen molar-refractivity contribution in [1.82, 2.24) is 19.7 Å². The van der Waals surface area contributed by atoms with Gasteiger partial charge >= 0.3 is 0 Å². The summed E-state index contributed by atoms with van der Waals surface area (Å²) in [6.07, 6.45) is 2.94. The van der Waals surface area contributed by atoms with Crippen LogP contribution >= 0.6 is 0 Å². The molecule has 0 amide bonds. The summed E-state index contributed by atoms with van der Waals surface area (Å²) in [4.78, 5) is 6.43. The van der Waals surface area contributed by atoms with Crippen molar-refractivity contribution in [1.29, 1.82) is 0 Å². The van der Waals surface area contributed by atoms with E-state index in [-0.39, 0.29) is 0 Å². The second kappa shape index (κ2) is 5.46. The number of nitrogens with zero attached hydrogens (tertiary/aromatic N) is 5. The van der Waals surface area contributed by atoms with Gasteiger partial charge in [-0.15, -0.1) is 10.2 Å². The molecule has 1 saturated heterocycles. The number of anilines is 1. The standard InChI is InChI=1S/C13H17N5O2/c1-19-9-11-15-16-13(17-6-3-7-17)18(11)10-4-5-12(20-2)14-8-10/h4-5,8H,3,6-7,9H2,1-2H3. The van der Waals surface area contributed by atoms with Crippen LogP contribution in [0, 0.1) is 0 Å². The van der Waals surface area contributed by atoms with Crippen LogP contribution in [0.5, 0.6) is 5.88 Å². The Kier molecular flexibility index (Phi) is 3.51. The summed E-state index contributed by atoms with van der Waals surface area (Å²) in [6, 6.07) is 3.77. The fourth-order valence-corrected chi connectivity index (χ4v) is 2.14. The molecule has 0 spiro atoms. The number of aromatic nitrogens is 4. The van der Waals surface area contributed by atoms with E-state index in [1.807, 2.05) is 16.7 Å². The lowest BCUT2D eigenvalue weighted by atomic mass is 10.2. The van der Waals surface area contributed by atoms with E-state index in [0.717, 1.165) is 30.5 Å². The fraction of sp³-hybridized carbons (Fsp3) is 0.462. The van der Waals surface area contributed by atoms with Crippen molar-refractivity contribution in [2.75, 3.05) is 32.2 Å². The van der Waals surface area contributed by atoms with Crippen LogP contribution in [0.15, 0.2) is 18.3 Å². The van der Waals surface area contributed by atoms with Gasteiger partial charge in [0.1, 0.15) is 6.61 Å². The highest BCUT2D eigenvalue weighted by Crippen LogP contribution is 2.24. The maximum atomic E-state index is 5.19. The third-order valence-corrected chi connectivity index (χ3v) is 3.31. The third kappa shape index (κ3) is 2.20. The molecular weight excluding hydrogens is 258 g/mol. The Bertz CT molecular complexity index is 577. The van der Waals surface area contributed by atoms with Crippen LogP contribution < -0.4 is 9.64 Å². The molecule has 1 aliphatic rings. The largest absolute Gasteiger partial charge is 0.481 e. The lowest BCUT2D eigenvalue weighted by molar-refractivity contribution is 0.176. The van der Waals surface area contributed by atoms with Gasteiger partial charge in [0.25, 0.3) is 0 Å². The summed E-state index contributed by atoms with van der Waals surface area (Å²) < 4.78 is 12.3. The smallest absolute Gasteiger partial charge is 0.232 e. The quantitative estimate of drug-likeness (QED) is 0.812. The van der Waals surface area contributed by atoms with Crippen molar-refractivity contribution >= 4 is 5.95 Å². The van der Waals surface area contributed by atoms with E-state index < -0.39 is 0 Å². The van der Waals surface area contributed by atoms with Gasteiger partial charge < -0.3 is 14.4 Å². The van der Waals surface area contributed by atoms with Crippen molar-refractivity contribution in [2.45, 2.75) is 13.0 Å². The molecule has 2 aromatic rings. The van der Waals surface area contributed by atoms with Crippen LogP contribution in [-0.2, 0) is 11.3 Å². The number of ether oxygens (including phenoxy) is 2. The number of hydrogen-bond donors (Lipinski definition) is 0. The summed E-state index contributed by atoms with van der Waals surface area (Å²) in [6.45, 7) is 2.43. The molecule has 7 heteroatoms. The summed E-state index contributed by atoms with van der Waals surface area (Å²) in [7, 11) is 3.25. The van der Waals surface area contributed by atoms with Crippen molar-refractivity contribution in [3.8, 4) is 11.6 Å². The predicted octanol–water partition coefficient (Wildman–Crippen LogP) is 1.03. The van der Waals surface area contributed by atoms with Gasteiger partial charge in [-0.25, -0.2) is 4.98 Å². The first-order valence-corrected chi connectivity index (χ1v) is 6.52. The Balaban J connectivity index is 2.01. The zero-order chi connectivity index (χ0) is 13.9. The molecule has 0 N–H and O–H groups in total. The average molecular weight is 275 g/mol. The molecule has 2 aromatic heterocycles. The van der Waals surface area contributed by atoms with E-state index in [0.29, 0.717) is 12.5 Å². The summed E-state index contributed by atoms with van der Waals surface area (Å²) >= 11 is 0. The summed E-state index contributed by atoms with van der Waals surface area (Å²) in [5, 5.41) is 8.49. The van der Waals surface area contributed by atoms with Gasteiger partial charge in [0.15, 0.2) is 5.82 Å². The van der Waals surface area contributed by atoms with Gasteiger partial charge in [-0.2, -0.15) is 0 Å². The van der Waals surface area contributed by atoms with Gasteiger partial charge in [-0.1, -0.05) is 0 Å². The highest BCUT2D eigenvalue weighted by molar-refractivity contribution is 5.45. The Labute approximate surface area is 117 Å². The zero-order valence-electron chi connectivity index (χ0n) is 11.6. The summed E-state index contributed by atoms with van der Waals surface area (Å²) in [5.74, 6) is 2.19. The highest BCUT2D eigenvalue weighted by atomic mass is 16.5. The first-order valence-electron chi connectivity index (χ1n) is 6.52. The predicted molar refractivity (Wildman–Crippen MR) is 73.2 cm³/mol. The Hall–Kier alpha value is -2.15. The average Bonchev–Trinajstić information content (AvgIpc) is 2.81. The van der Waals surface area contributed by atoms with Crippen molar-refractivity contribution in [3.05, 3.63) is 24.2 Å². The lowest BCUT2D eigenvalue weighted by Crippen LogP contribution is -2.39. The van der Waals surface area contributed by atoms with Crippen molar-refractivity contribution < 1.29 is 9.47 Å². The minimum Gasteiger partial charge on any atom is -0.481 e. The molecule has 106 valence electrons. The van der Waals surface area contributed by atoms with E-state index in [4.69, 9.17) is 9.47 Å². The van der Waals surface area contributed by atoms with Crippen LogP contribution in [0.2, 0.25) is 0 Å². The van der Waals surface area contributed by atoms with E-state index in [1.165, 1.54) is 6.42 Å². The molecule has 1 fully saturated rings. The zero-order valence-corrected chi connectivity index (χ0v) is 11.6. The molecule has 0 bridgehead atoms. The molecular formula is C13H17N5O2. The van der Waals surface area contributed by atoms with Crippen molar-refractivity contribution in [3.63, 3.8) is 0 Å². The second-order valence-electron chi connectivity index (χ2n) is 4.58. The SMILES string of the molecule is COCc1nnc(N2CCC2)n1-c1ccc(OC)nc1. The molecule has 3 heterocycles. The van der Waals surface area contributed by atoms with Gasteiger partial charge in [0, 0.05) is 26.3 Å². The minimum atomic E-state index is 0.410. The van der Waals surface area contributed by atoms with Gasteiger partial charge in [0.05, 0.1) is 19.0 Å². The topological polar surface area (TPSA) is 65.3 Å². The minimum absolute atomic E-state index is 0.410.